The summed E-state index contributed by atoms with van der Waals surface area (Å²) in [5.74, 6) is 1.77. The van der Waals surface area contributed by atoms with Gasteiger partial charge < -0.3 is 14.4 Å². The normalized spacial score (nSPS) is 17.7. The number of para-hydroxylation sites is 1. The average Bonchev–Trinajstić information content (AvgIpc) is 3.26. The van der Waals surface area contributed by atoms with Gasteiger partial charge in [0.2, 0.25) is 0 Å². The van der Waals surface area contributed by atoms with Gasteiger partial charge in [-0.1, -0.05) is 24.3 Å². The van der Waals surface area contributed by atoms with Crippen molar-refractivity contribution in [1.82, 2.24) is 4.90 Å². The molecular formula is C22H25NO3. The molecule has 2 aromatic carbocycles. The highest BCUT2D eigenvalue weighted by Gasteiger charge is 2.32. The topological polar surface area (TPSA) is 38.8 Å². The zero-order valence-electron chi connectivity index (χ0n) is 15.5. The van der Waals surface area contributed by atoms with Crippen molar-refractivity contribution in [2.45, 2.75) is 45.3 Å². The molecule has 2 heterocycles. The predicted octanol–water partition coefficient (Wildman–Crippen LogP) is 4.22. The summed E-state index contributed by atoms with van der Waals surface area (Å²) in [6, 6.07) is 13.8. The van der Waals surface area contributed by atoms with Crippen molar-refractivity contribution in [1.29, 1.82) is 0 Å². The van der Waals surface area contributed by atoms with Gasteiger partial charge in [0, 0.05) is 30.6 Å². The number of amides is 1. The summed E-state index contributed by atoms with van der Waals surface area (Å²) >= 11 is 0. The zero-order chi connectivity index (χ0) is 18.1. The van der Waals surface area contributed by atoms with Crippen molar-refractivity contribution in [3.8, 4) is 11.5 Å². The Morgan fingerprint density at radius 3 is 2.58 bits per heavy atom. The van der Waals surface area contributed by atoms with Crippen LogP contribution >= 0.6 is 0 Å². The smallest absolute Gasteiger partial charge is 0.253 e. The maximum absolute atomic E-state index is 12.4. The van der Waals surface area contributed by atoms with Gasteiger partial charge in [0.15, 0.2) is 11.5 Å². The van der Waals surface area contributed by atoms with Gasteiger partial charge in [0.1, 0.15) is 12.2 Å². The molecule has 0 saturated carbocycles. The number of hydrogen-bond acceptors (Lipinski definition) is 3. The van der Waals surface area contributed by atoms with Crippen LogP contribution in [0.25, 0.3) is 0 Å². The molecule has 0 aromatic heterocycles. The highest BCUT2D eigenvalue weighted by molar-refractivity contribution is 5.94. The minimum atomic E-state index is -0.181. The largest absolute Gasteiger partial charge is 0.485 e. The van der Waals surface area contributed by atoms with E-state index in [9.17, 15) is 4.79 Å². The molecule has 4 nitrogen and oxygen atoms in total. The predicted molar refractivity (Wildman–Crippen MR) is 101 cm³/mol. The van der Waals surface area contributed by atoms with Crippen LogP contribution in [0.15, 0.2) is 42.5 Å². The third-order valence-corrected chi connectivity index (χ3v) is 5.04. The second-order valence-electron chi connectivity index (χ2n) is 7.77. The molecule has 4 rings (SSSR count). The van der Waals surface area contributed by atoms with Crippen LogP contribution < -0.4 is 9.47 Å². The van der Waals surface area contributed by atoms with Gasteiger partial charge >= 0.3 is 0 Å². The van der Waals surface area contributed by atoms with Crippen LogP contribution in [0.5, 0.6) is 11.5 Å². The highest BCUT2D eigenvalue weighted by Crippen LogP contribution is 2.41. The molecule has 4 heteroatoms. The Hall–Kier alpha value is -2.49. The van der Waals surface area contributed by atoms with Gasteiger partial charge in [-0.15, -0.1) is 0 Å². The zero-order valence-corrected chi connectivity index (χ0v) is 15.5. The summed E-state index contributed by atoms with van der Waals surface area (Å²) in [4.78, 5) is 14.3. The fourth-order valence-corrected chi connectivity index (χ4v) is 3.71. The summed E-state index contributed by atoms with van der Waals surface area (Å²) in [6.45, 7) is 6.39. The number of ether oxygens (including phenoxy) is 2. The Labute approximate surface area is 154 Å². The fourth-order valence-electron chi connectivity index (χ4n) is 3.71. The minimum absolute atomic E-state index is 0.131. The second kappa shape index (κ2) is 6.67. The van der Waals surface area contributed by atoms with Crippen molar-refractivity contribution < 1.29 is 14.3 Å². The molecule has 0 aliphatic carbocycles. The number of likely N-dealkylation sites (tertiary alicyclic amines) is 1. The first-order chi connectivity index (χ1) is 12.5. The van der Waals surface area contributed by atoms with Crippen LogP contribution in [0.3, 0.4) is 0 Å². The summed E-state index contributed by atoms with van der Waals surface area (Å²) in [5.41, 5.74) is 2.80. The molecule has 136 valence electrons. The van der Waals surface area contributed by atoms with E-state index in [1.807, 2.05) is 41.3 Å². The standard InChI is InChI=1S/C22H25NO3/c1-22(2)14-18-6-5-7-19(20(18)26-22)25-15-16-8-10-17(11-9-16)21(24)23-12-3-4-13-23/h5-11H,3-4,12-15H2,1-2H3. The first-order valence-corrected chi connectivity index (χ1v) is 9.34. The quantitative estimate of drug-likeness (QED) is 0.828. The summed E-state index contributed by atoms with van der Waals surface area (Å²) in [7, 11) is 0. The van der Waals surface area contributed by atoms with E-state index in [1.165, 1.54) is 5.56 Å². The van der Waals surface area contributed by atoms with Crippen molar-refractivity contribution in [2.75, 3.05) is 13.1 Å². The first-order valence-electron chi connectivity index (χ1n) is 9.34. The summed E-state index contributed by atoms with van der Waals surface area (Å²) in [5, 5.41) is 0. The lowest BCUT2D eigenvalue weighted by Gasteiger charge is -2.18. The van der Waals surface area contributed by atoms with E-state index in [1.54, 1.807) is 0 Å². The Morgan fingerprint density at radius 1 is 1.12 bits per heavy atom. The molecule has 0 spiro atoms. The molecule has 1 amide bonds. The van der Waals surface area contributed by atoms with Crippen LogP contribution in [-0.4, -0.2) is 29.5 Å². The molecular weight excluding hydrogens is 326 g/mol. The Kier molecular flexibility index (Phi) is 4.35. The number of nitrogens with zero attached hydrogens (tertiary/aromatic N) is 1. The Morgan fingerprint density at radius 2 is 1.85 bits per heavy atom. The molecule has 2 aliphatic rings. The van der Waals surface area contributed by atoms with Crippen molar-refractivity contribution in [2.24, 2.45) is 0 Å². The Bertz CT molecular complexity index is 805. The van der Waals surface area contributed by atoms with Gasteiger partial charge in [0.05, 0.1) is 0 Å². The highest BCUT2D eigenvalue weighted by atomic mass is 16.5. The third kappa shape index (κ3) is 3.41. The minimum Gasteiger partial charge on any atom is -0.485 e. The number of rotatable bonds is 4. The van der Waals surface area contributed by atoms with Gasteiger partial charge in [-0.3, -0.25) is 4.79 Å². The van der Waals surface area contributed by atoms with Gasteiger partial charge in [-0.25, -0.2) is 0 Å². The van der Waals surface area contributed by atoms with E-state index in [-0.39, 0.29) is 11.5 Å². The van der Waals surface area contributed by atoms with E-state index < -0.39 is 0 Å². The van der Waals surface area contributed by atoms with E-state index in [0.717, 1.165) is 55.0 Å². The molecule has 2 aliphatic heterocycles. The maximum atomic E-state index is 12.4. The van der Waals surface area contributed by atoms with Crippen LogP contribution in [0, 0.1) is 0 Å². The number of fused-ring (bicyclic) bond motifs is 1. The lowest BCUT2D eigenvalue weighted by Crippen LogP contribution is -2.27. The molecule has 0 atom stereocenters. The lowest BCUT2D eigenvalue weighted by molar-refractivity contribution is 0.0792. The maximum Gasteiger partial charge on any atom is 0.253 e. The number of benzene rings is 2. The number of hydrogen-bond donors (Lipinski definition) is 0. The molecule has 1 saturated heterocycles. The summed E-state index contributed by atoms with van der Waals surface area (Å²) in [6.07, 6.45) is 3.11. The van der Waals surface area contributed by atoms with E-state index in [2.05, 4.69) is 19.9 Å². The molecule has 1 fully saturated rings. The second-order valence-corrected chi connectivity index (χ2v) is 7.77. The van der Waals surface area contributed by atoms with Gasteiger partial charge in [0.25, 0.3) is 5.91 Å². The van der Waals surface area contributed by atoms with Crippen LogP contribution in [0.2, 0.25) is 0 Å². The fraction of sp³-hybridized carbons (Fsp3) is 0.409. The van der Waals surface area contributed by atoms with Crippen LogP contribution in [0.4, 0.5) is 0 Å². The van der Waals surface area contributed by atoms with Gasteiger partial charge in [-0.05, 0) is 50.5 Å². The molecule has 0 bridgehead atoms. The molecule has 0 radical (unpaired) electrons. The molecule has 2 aromatic rings. The number of carbonyl (C=O) groups is 1. The van der Waals surface area contributed by atoms with Crippen molar-refractivity contribution in [3.63, 3.8) is 0 Å². The molecule has 0 N–H and O–H groups in total. The van der Waals surface area contributed by atoms with E-state index in [4.69, 9.17) is 9.47 Å². The van der Waals surface area contributed by atoms with E-state index >= 15 is 0 Å². The van der Waals surface area contributed by atoms with Gasteiger partial charge in [-0.2, -0.15) is 0 Å². The van der Waals surface area contributed by atoms with E-state index in [0.29, 0.717) is 6.61 Å². The summed E-state index contributed by atoms with van der Waals surface area (Å²) < 4.78 is 12.1. The van der Waals surface area contributed by atoms with Crippen LogP contribution in [0.1, 0.15) is 48.2 Å². The first kappa shape index (κ1) is 17.0. The monoisotopic (exact) mass is 351 g/mol. The van der Waals surface area contributed by atoms with Crippen molar-refractivity contribution >= 4 is 5.91 Å². The van der Waals surface area contributed by atoms with Crippen LogP contribution in [-0.2, 0) is 13.0 Å². The third-order valence-electron chi connectivity index (χ3n) is 5.04. The van der Waals surface area contributed by atoms with Crippen molar-refractivity contribution in [3.05, 3.63) is 59.2 Å². The average molecular weight is 351 g/mol. The Balaban J connectivity index is 1.42. The SMILES string of the molecule is CC1(C)Cc2cccc(OCc3ccc(C(=O)N4CCCC4)cc3)c2O1. The lowest BCUT2D eigenvalue weighted by atomic mass is 10.0. The number of carbonyl (C=O) groups excluding carboxylic acids is 1. The molecule has 26 heavy (non-hydrogen) atoms. The molecule has 0 unspecified atom stereocenters.